The minimum absolute atomic E-state index is 0.246. The molecule has 0 saturated heterocycles. The van der Waals surface area contributed by atoms with Crippen LogP contribution < -0.4 is 5.32 Å². The molecular weight excluding hydrogens is 242 g/mol. The first kappa shape index (κ1) is 13.3. The van der Waals surface area contributed by atoms with Crippen LogP contribution in [0, 0.1) is 0 Å². The van der Waals surface area contributed by atoms with E-state index in [4.69, 9.17) is 5.11 Å². The fourth-order valence-electron chi connectivity index (χ4n) is 1.84. The SMILES string of the molecule is O=C(O)CCCCCNc1cnc2ccccc2n1. The van der Waals surface area contributed by atoms with Crippen molar-refractivity contribution in [1.82, 2.24) is 9.97 Å². The monoisotopic (exact) mass is 259 g/mol. The van der Waals surface area contributed by atoms with Crippen molar-refractivity contribution in [3.8, 4) is 0 Å². The number of aliphatic carboxylic acids is 1. The first-order valence-electron chi connectivity index (χ1n) is 6.43. The van der Waals surface area contributed by atoms with Gasteiger partial charge in [-0.1, -0.05) is 18.6 Å². The highest BCUT2D eigenvalue weighted by atomic mass is 16.4. The van der Waals surface area contributed by atoms with E-state index >= 15 is 0 Å². The number of nitrogens with one attached hydrogen (secondary N) is 1. The Bertz CT molecular complexity index is 557. The van der Waals surface area contributed by atoms with Crippen molar-refractivity contribution in [2.45, 2.75) is 25.7 Å². The highest BCUT2D eigenvalue weighted by molar-refractivity contribution is 5.75. The van der Waals surface area contributed by atoms with E-state index < -0.39 is 5.97 Å². The van der Waals surface area contributed by atoms with Gasteiger partial charge in [-0.2, -0.15) is 0 Å². The molecule has 1 heterocycles. The third-order valence-electron chi connectivity index (χ3n) is 2.82. The second-order valence-electron chi connectivity index (χ2n) is 4.38. The predicted molar refractivity (Wildman–Crippen MR) is 74.1 cm³/mol. The Balaban J connectivity index is 1.77. The van der Waals surface area contributed by atoms with Crippen LogP contribution in [0.15, 0.2) is 30.5 Å². The minimum Gasteiger partial charge on any atom is -0.481 e. The van der Waals surface area contributed by atoms with Gasteiger partial charge in [0.05, 0.1) is 17.2 Å². The summed E-state index contributed by atoms with van der Waals surface area (Å²) in [7, 11) is 0. The molecule has 100 valence electrons. The molecule has 2 aromatic rings. The van der Waals surface area contributed by atoms with Crippen LogP contribution in [-0.2, 0) is 4.79 Å². The van der Waals surface area contributed by atoms with Crippen LogP contribution in [0.2, 0.25) is 0 Å². The Morgan fingerprint density at radius 2 is 1.95 bits per heavy atom. The molecule has 1 aromatic carbocycles. The van der Waals surface area contributed by atoms with E-state index in [1.54, 1.807) is 6.20 Å². The van der Waals surface area contributed by atoms with Gasteiger partial charge >= 0.3 is 5.97 Å². The number of fused-ring (bicyclic) bond motifs is 1. The third kappa shape index (κ3) is 4.21. The molecule has 5 nitrogen and oxygen atoms in total. The third-order valence-corrected chi connectivity index (χ3v) is 2.82. The van der Waals surface area contributed by atoms with Gasteiger partial charge in [0.2, 0.25) is 0 Å². The maximum absolute atomic E-state index is 10.3. The van der Waals surface area contributed by atoms with Gasteiger partial charge in [-0.3, -0.25) is 9.78 Å². The number of aromatic nitrogens is 2. The van der Waals surface area contributed by atoms with Crippen LogP contribution in [-0.4, -0.2) is 27.6 Å². The first-order chi connectivity index (χ1) is 9.25. The van der Waals surface area contributed by atoms with Crippen LogP contribution >= 0.6 is 0 Å². The molecule has 1 aromatic heterocycles. The van der Waals surface area contributed by atoms with Gasteiger partial charge in [0, 0.05) is 13.0 Å². The highest BCUT2D eigenvalue weighted by Crippen LogP contribution is 2.11. The molecule has 0 amide bonds. The zero-order valence-corrected chi connectivity index (χ0v) is 10.7. The van der Waals surface area contributed by atoms with Crippen LogP contribution in [0.1, 0.15) is 25.7 Å². The smallest absolute Gasteiger partial charge is 0.303 e. The zero-order chi connectivity index (χ0) is 13.5. The lowest BCUT2D eigenvalue weighted by Crippen LogP contribution is -2.04. The van der Waals surface area contributed by atoms with Crippen molar-refractivity contribution in [3.05, 3.63) is 30.5 Å². The lowest BCUT2D eigenvalue weighted by molar-refractivity contribution is -0.137. The summed E-state index contributed by atoms with van der Waals surface area (Å²) in [6.45, 7) is 0.784. The van der Waals surface area contributed by atoms with Crippen molar-refractivity contribution in [3.63, 3.8) is 0 Å². The summed E-state index contributed by atoms with van der Waals surface area (Å²) in [5.74, 6) is 0.0327. The van der Waals surface area contributed by atoms with Crippen molar-refractivity contribution >= 4 is 22.8 Å². The number of hydrogen-bond donors (Lipinski definition) is 2. The first-order valence-corrected chi connectivity index (χ1v) is 6.43. The van der Waals surface area contributed by atoms with Gasteiger partial charge in [0.1, 0.15) is 5.82 Å². The Morgan fingerprint density at radius 3 is 2.74 bits per heavy atom. The fourth-order valence-corrected chi connectivity index (χ4v) is 1.84. The molecule has 19 heavy (non-hydrogen) atoms. The number of para-hydroxylation sites is 2. The fraction of sp³-hybridized carbons (Fsp3) is 0.357. The van der Waals surface area contributed by atoms with Crippen molar-refractivity contribution < 1.29 is 9.90 Å². The largest absolute Gasteiger partial charge is 0.481 e. The molecule has 2 rings (SSSR count). The molecule has 0 aliphatic rings. The second-order valence-corrected chi connectivity index (χ2v) is 4.38. The summed E-state index contributed by atoms with van der Waals surface area (Å²) < 4.78 is 0. The van der Waals surface area contributed by atoms with Gasteiger partial charge in [-0.05, 0) is 25.0 Å². The summed E-state index contributed by atoms with van der Waals surface area (Å²) in [5.41, 5.74) is 1.76. The number of benzene rings is 1. The van der Waals surface area contributed by atoms with E-state index in [0.717, 1.165) is 42.7 Å². The molecule has 0 fully saturated rings. The molecule has 0 bridgehead atoms. The number of rotatable bonds is 7. The normalized spacial score (nSPS) is 10.5. The summed E-state index contributed by atoms with van der Waals surface area (Å²) in [6, 6.07) is 7.73. The summed E-state index contributed by atoms with van der Waals surface area (Å²) >= 11 is 0. The zero-order valence-electron chi connectivity index (χ0n) is 10.7. The summed E-state index contributed by atoms with van der Waals surface area (Å²) in [6.07, 6.45) is 4.53. The Morgan fingerprint density at radius 1 is 1.16 bits per heavy atom. The molecule has 5 heteroatoms. The second kappa shape index (κ2) is 6.68. The van der Waals surface area contributed by atoms with E-state index in [1.807, 2.05) is 24.3 Å². The van der Waals surface area contributed by atoms with Crippen molar-refractivity contribution in [2.75, 3.05) is 11.9 Å². The van der Waals surface area contributed by atoms with Gasteiger partial charge in [0.25, 0.3) is 0 Å². The van der Waals surface area contributed by atoms with Gasteiger partial charge < -0.3 is 10.4 Å². The maximum atomic E-state index is 10.3. The van der Waals surface area contributed by atoms with Crippen LogP contribution in [0.25, 0.3) is 11.0 Å². The average Bonchev–Trinajstić information content (AvgIpc) is 2.42. The van der Waals surface area contributed by atoms with E-state index in [9.17, 15) is 4.79 Å². The van der Waals surface area contributed by atoms with Gasteiger partial charge in [0.15, 0.2) is 0 Å². The molecule has 0 atom stereocenters. The lowest BCUT2D eigenvalue weighted by atomic mass is 10.2. The average molecular weight is 259 g/mol. The number of carbonyl (C=O) groups is 1. The predicted octanol–water partition coefficient (Wildman–Crippen LogP) is 2.69. The van der Waals surface area contributed by atoms with Gasteiger partial charge in [-0.15, -0.1) is 0 Å². The molecule has 0 aliphatic heterocycles. The van der Waals surface area contributed by atoms with Crippen molar-refractivity contribution in [2.24, 2.45) is 0 Å². The Hall–Kier alpha value is -2.17. The van der Waals surface area contributed by atoms with Gasteiger partial charge in [-0.25, -0.2) is 4.98 Å². The van der Waals surface area contributed by atoms with Crippen LogP contribution in [0.3, 0.4) is 0 Å². The van der Waals surface area contributed by atoms with Crippen LogP contribution in [0.5, 0.6) is 0 Å². The number of carboxylic acids is 1. The number of nitrogens with zero attached hydrogens (tertiary/aromatic N) is 2. The quantitative estimate of drug-likeness (QED) is 0.748. The van der Waals surface area contributed by atoms with Crippen molar-refractivity contribution in [1.29, 1.82) is 0 Å². The number of carboxylic acid groups (broad SMARTS) is 1. The molecule has 0 aliphatic carbocycles. The summed E-state index contributed by atoms with van der Waals surface area (Å²) in [4.78, 5) is 19.1. The molecule has 0 saturated carbocycles. The molecule has 0 spiro atoms. The van der Waals surface area contributed by atoms with Crippen LogP contribution in [0.4, 0.5) is 5.82 Å². The maximum Gasteiger partial charge on any atom is 0.303 e. The van der Waals surface area contributed by atoms with E-state index in [1.165, 1.54) is 0 Å². The highest BCUT2D eigenvalue weighted by Gasteiger charge is 1.99. The standard InChI is InChI=1S/C14H17N3O2/c18-14(19)8-2-1-5-9-15-13-10-16-11-6-3-4-7-12(11)17-13/h3-4,6-7,10H,1-2,5,8-9H2,(H,15,17)(H,18,19). The number of anilines is 1. The topological polar surface area (TPSA) is 75.1 Å². The Kier molecular flexibility index (Phi) is 4.66. The minimum atomic E-state index is -0.728. The van der Waals surface area contributed by atoms with E-state index in [-0.39, 0.29) is 6.42 Å². The molecule has 2 N–H and O–H groups in total. The summed E-state index contributed by atoms with van der Waals surface area (Å²) in [5, 5.41) is 11.7. The molecule has 0 radical (unpaired) electrons. The number of unbranched alkanes of at least 4 members (excludes halogenated alkanes) is 2. The number of hydrogen-bond acceptors (Lipinski definition) is 4. The molecule has 0 unspecified atom stereocenters. The Labute approximate surface area is 111 Å². The lowest BCUT2D eigenvalue weighted by Gasteiger charge is -2.05. The van der Waals surface area contributed by atoms with E-state index in [2.05, 4.69) is 15.3 Å². The molecular formula is C14H17N3O2. The van der Waals surface area contributed by atoms with E-state index in [0.29, 0.717) is 0 Å².